The molecule has 4 heterocycles. The zero-order valence-electron chi connectivity index (χ0n) is 12.2. The number of fused-ring (bicyclic) bond motifs is 1. The molecule has 2 N–H and O–H groups in total. The van der Waals surface area contributed by atoms with Crippen LogP contribution >= 0.6 is 0 Å². The number of aromatic nitrogens is 3. The number of alkyl halides is 1. The molecule has 0 saturated carbocycles. The SMILES string of the molecule is OC[C@H]1O[C@@H](n2cc(F)c3c(-c4ccco4)ncnc32)[C@@H](F)[C@@H]1O. The number of rotatable bonds is 3. The molecule has 24 heavy (non-hydrogen) atoms. The van der Waals surface area contributed by atoms with E-state index in [0.717, 1.165) is 10.8 Å². The molecule has 1 fully saturated rings. The fourth-order valence-corrected chi connectivity index (χ4v) is 2.91. The first-order valence-corrected chi connectivity index (χ1v) is 7.25. The number of halogens is 2. The Morgan fingerprint density at radius 1 is 1.33 bits per heavy atom. The van der Waals surface area contributed by atoms with E-state index in [1.807, 2.05) is 0 Å². The second-order valence-electron chi connectivity index (χ2n) is 5.47. The molecule has 1 saturated heterocycles. The smallest absolute Gasteiger partial charge is 0.173 e. The van der Waals surface area contributed by atoms with Crippen molar-refractivity contribution in [1.29, 1.82) is 0 Å². The lowest BCUT2D eigenvalue weighted by Gasteiger charge is -2.15. The standard InChI is InChI=1S/C15H13F2N3O4/c16-7-4-20(15-11(17)13(22)9(5-21)24-15)14-10(7)12(18-6-19-14)8-2-1-3-23-8/h1-4,6,9,11,13,15,21-22H,5H2/t9-,11+,13-,15-/m1/s1. The van der Waals surface area contributed by atoms with Gasteiger partial charge in [0.15, 0.2) is 24.0 Å². The number of nitrogens with zero attached hydrogens (tertiary/aromatic N) is 3. The molecule has 0 aliphatic carbocycles. The maximum atomic E-state index is 14.5. The van der Waals surface area contributed by atoms with Gasteiger partial charge in [-0.25, -0.2) is 18.7 Å². The summed E-state index contributed by atoms with van der Waals surface area (Å²) in [5, 5.41) is 19.0. The van der Waals surface area contributed by atoms with Crippen molar-refractivity contribution in [1.82, 2.24) is 14.5 Å². The lowest BCUT2D eigenvalue weighted by Crippen LogP contribution is -2.30. The van der Waals surface area contributed by atoms with Crippen LogP contribution in [0.25, 0.3) is 22.5 Å². The zero-order chi connectivity index (χ0) is 16.8. The number of aliphatic hydroxyl groups excluding tert-OH is 2. The molecule has 3 aromatic heterocycles. The van der Waals surface area contributed by atoms with Crippen LogP contribution in [0.4, 0.5) is 8.78 Å². The van der Waals surface area contributed by atoms with Gasteiger partial charge in [0.1, 0.15) is 29.9 Å². The Hall–Kier alpha value is -2.36. The van der Waals surface area contributed by atoms with E-state index in [1.54, 1.807) is 12.1 Å². The normalized spacial score (nSPS) is 27.2. The van der Waals surface area contributed by atoms with Crippen LogP contribution in [0.3, 0.4) is 0 Å². The van der Waals surface area contributed by atoms with Crippen LogP contribution in [0.15, 0.2) is 35.3 Å². The highest BCUT2D eigenvalue weighted by Gasteiger charge is 2.45. The van der Waals surface area contributed by atoms with Gasteiger partial charge in [0.25, 0.3) is 0 Å². The number of ether oxygens (including phenoxy) is 1. The van der Waals surface area contributed by atoms with E-state index >= 15 is 0 Å². The van der Waals surface area contributed by atoms with Crippen LogP contribution in [0.2, 0.25) is 0 Å². The molecule has 0 bridgehead atoms. The fraction of sp³-hybridized carbons (Fsp3) is 0.333. The quantitative estimate of drug-likeness (QED) is 0.751. The Labute approximate surface area is 134 Å². The minimum Gasteiger partial charge on any atom is -0.463 e. The summed E-state index contributed by atoms with van der Waals surface area (Å²) < 4.78 is 40.5. The summed E-state index contributed by atoms with van der Waals surface area (Å²) in [4.78, 5) is 8.04. The Morgan fingerprint density at radius 3 is 2.83 bits per heavy atom. The van der Waals surface area contributed by atoms with Crippen LogP contribution in [0.5, 0.6) is 0 Å². The molecule has 7 nitrogen and oxygen atoms in total. The summed E-state index contributed by atoms with van der Waals surface area (Å²) in [6.45, 7) is -0.549. The summed E-state index contributed by atoms with van der Waals surface area (Å²) in [6.07, 6.45) is -2.06. The van der Waals surface area contributed by atoms with Crippen molar-refractivity contribution in [3.8, 4) is 11.5 Å². The first kappa shape index (κ1) is 15.2. The number of furan rings is 1. The summed E-state index contributed by atoms with van der Waals surface area (Å²) >= 11 is 0. The van der Waals surface area contributed by atoms with Gasteiger partial charge in [0.2, 0.25) is 0 Å². The molecule has 3 aromatic rings. The molecule has 0 spiro atoms. The molecule has 0 amide bonds. The van der Waals surface area contributed by atoms with E-state index in [-0.39, 0.29) is 16.7 Å². The van der Waals surface area contributed by atoms with Gasteiger partial charge in [-0.3, -0.25) is 4.57 Å². The zero-order valence-corrected chi connectivity index (χ0v) is 12.2. The Balaban J connectivity index is 1.86. The predicted molar refractivity (Wildman–Crippen MR) is 77.1 cm³/mol. The molecule has 9 heteroatoms. The maximum Gasteiger partial charge on any atom is 0.173 e. The van der Waals surface area contributed by atoms with E-state index in [1.165, 1.54) is 12.6 Å². The average Bonchev–Trinajstić information content (AvgIpc) is 3.29. The van der Waals surface area contributed by atoms with Crippen LogP contribution in [-0.2, 0) is 4.74 Å². The topological polar surface area (TPSA) is 93.5 Å². The molecule has 4 atom stereocenters. The van der Waals surface area contributed by atoms with E-state index in [2.05, 4.69) is 9.97 Å². The van der Waals surface area contributed by atoms with Gasteiger partial charge >= 0.3 is 0 Å². The first-order chi connectivity index (χ1) is 11.6. The Morgan fingerprint density at radius 2 is 2.17 bits per heavy atom. The van der Waals surface area contributed by atoms with Crippen LogP contribution in [0, 0.1) is 5.82 Å². The summed E-state index contributed by atoms with van der Waals surface area (Å²) in [5.41, 5.74) is 0.334. The van der Waals surface area contributed by atoms with Crippen molar-refractivity contribution in [2.45, 2.75) is 24.6 Å². The molecule has 1 aliphatic heterocycles. The van der Waals surface area contributed by atoms with Crippen LogP contribution in [0.1, 0.15) is 6.23 Å². The highest BCUT2D eigenvalue weighted by molar-refractivity contribution is 5.90. The van der Waals surface area contributed by atoms with Crippen molar-refractivity contribution in [3.05, 3.63) is 36.7 Å². The maximum absolute atomic E-state index is 14.5. The molecular weight excluding hydrogens is 324 g/mol. The molecule has 1 aliphatic rings. The second-order valence-corrected chi connectivity index (χ2v) is 5.47. The van der Waals surface area contributed by atoms with Gasteiger partial charge in [-0.2, -0.15) is 0 Å². The fourth-order valence-electron chi connectivity index (χ4n) is 2.91. The van der Waals surface area contributed by atoms with Gasteiger partial charge in [0, 0.05) is 6.20 Å². The van der Waals surface area contributed by atoms with Crippen molar-refractivity contribution in [2.24, 2.45) is 0 Å². The Bertz CT molecular complexity index is 867. The van der Waals surface area contributed by atoms with E-state index < -0.39 is 37.0 Å². The Kier molecular flexibility index (Phi) is 3.56. The molecule has 0 aromatic carbocycles. The third kappa shape index (κ3) is 2.13. The minimum absolute atomic E-state index is 0.0604. The molecular formula is C15H13F2N3O4. The van der Waals surface area contributed by atoms with E-state index in [4.69, 9.17) is 14.3 Å². The molecule has 126 valence electrons. The number of hydrogen-bond acceptors (Lipinski definition) is 6. The summed E-state index contributed by atoms with van der Waals surface area (Å²) in [7, 11) is 0. The third-order valence-corrected chi connectivity index (χ3v) is 4.07. The van der Waals surface area contributed by atoms with Crippen LogP contribution in [-0.4, -0.2) is 49.7 Å². The third-order valence-electron chi connectivity index (χ3n) is 4.07. The van der Waals surface area contributed by atoms with Crippen molar-refractivity contribution in [3.63, 3.8) is 0 Å². The summed E-state index contributed by atoms with van der Waals surface area (Å²) in [6, 6.07) is 3.26. The van der Waals surface area contributed by atoms with Gasteiger partial charge in [-0.1, -0.05) is 0 Å². The number of aliphatic hydroxyl groups is 2. The monoisotopic (exact) mass is 337 g/mol. The second kappa shape index (κ2) is 5.62. The molecule has 0 unspecified atom stereocenters. The van der Waals surface area contributed by atoms with Crippen molar-refractivity contribution >= 4 is 11.0 Å². The predicted octanol–water partition coefficient (Wildman–Crippen LogP) is 1.42. The van der Waals surface area contributed by atoms with Gasteiger partial charge in [-0.15, -0.1) is 0 Å². The van der Waals surface area contributed by atoms with Crippen molar-refractivity contribution in [2.75, 3.05) is 6.61 Å². The van der Waals surface area contributed by atoms with Gasteiger partial charge in [0.05, 0.1) is 18.3 Å². The highest BCUT2D eigenvalue weighted by Crippen LogP contribution is 2.36. The lowest BCUT2D eigenvalue weighted by atomic mass is 10.1. The van der Waals surface area contributed by atoms with Crippen molar-refractivity contribution < 1.29 is 28.1 Å². The van der Waals surface area contributed by atoms with E-state index in [9.17, 15) is 13.9 Å². The number of hydrogen-bond donors (Lipinski definition) is 2. The lowest BCUT2D eigenvalue weighted by molar-refractivity contribution is -0.0459. The largest absolute Gasteiger partial charge is 0.463 e. The van der Waals surface area contributed by atoms with Crippen LogP contribution < -0.4 is 0 Å². The van der Waals surface area contributed by atoms with E-state index in [0.29, 0.717) is 5.76 Å². The summed E-state index contributed by atoms with van der Waals surface area (Å²) in [5.74, 6) is -0.328. The minimum atomic E-state index is -1.83. The highest BCUT2D eigenvalue weighted by atomic mass is 19.1. The average molecular weight is 337 g/mol. The first-order valence-electron chi connectivity index (χ1n) is 7.25. The van der Waals surface area contributed by atoms with Gasteiger partial charge < -0.3 is 19.4 Å². The molecule has 0 radical (unpaired) electrons. The van der Waals surface area contributed by atoms with Gasteiger partial charge in [-0.05, 0) is 12.1 Å². The molecule has 4 rings (SSSR count).